The summed E-state index contributed by atoms with van der Waals surface area (Å²) >= 11 is 0. The van der Waals surface area contributed by atoms with Crippen LogP contribution in [0.25, 0.3) is 5.95 Å². The predicted molar refractivity (Wildman–Crippen MR) is 77.7 cm³/mol. The first-order valence-electron chi connectivity index (χ1n) is 6.62. The van der Waals surface area contributed by atoms with Gasteiger partial charge >= 0.3 is 0 Å². The van der Waals surface area contributed by atoms with Crippen LogP contribution >= 0.6 is 0 Å². The van der Waals surface area contributed by atoms with E-state index in [0.717, 1.165) is 0 Å². The standard InChI is InChI=1S/C12H20N8O/c1-12(2,3)4-8(21)5-15-10-17-9(13)18-11(19-10)20-7-14-6-16-20/h6-8,21H,4-5H2,1-3H3,(H3,13,15,17,18,19). The highest BCUT2D eigenvalue weighted by Gasteiger charge is 2.17. The number of aromatic nitrogens is 6. The number of nitrogens with two attached hydrogens (primary N) is 1. The van der Waals surface area contributed by atoms with E-state index >= 15 is 0 Å². The average molecular weight is 292 g/mol. The molecule has 9 heteroatoms. The van der Waals surface area contributed by atoms with Crippen LogP contribution in [0.4, 0.5) is 11.9 Å². The highest BCUT2D eigenvalue weighted by molar-refractivity contribution is 5.34. The predicted octanol–water partition coefficient (Wildman–Crippen LogP) is 0.243. The number of hydrogen-bond acceptors (Lipinski definition) is 8. The minimum absolute atomic E-state index is 0.0467. The first kappa shape index (κ1) is 15.1. The molecule has 0 amide bonds. The van der Waals surface area contributed by atoms with Gasteiger partial charge in [-0.05, 0) is 11.8 Å². The Balaban J connectivity index is 2.04. The average Bonchev–Trinajstić information content (AvgIpc) is 2.87. The summed E-state index contributed by atoms with van der Waals surface area (Å²) in [6.07, 6.45) is 3.00. The van der Waals surface area contributed by atoms with Crippen LogP contribution in [0.15, 0.2) is 12.7 Å². The van der Waals surface area contributed by atoms with Gasteiger partial charge in [0.15, 0.2) is 0 Å². The lowest BCUT2D eigenvalue weighted by Crippen LogP contribution is -2.26. The normalized spacial score (nSPS) is 13.1. The van der Waals surface area contributed by atoms with Crippen LogP contribution < -0.4 is 11.1 Å². The fourth-order valence-corrected chi connectivity index (χ4v) is 1.86. The molecule has 2 aromatic heterocycles. The molecule has 0 aliphatic rings. The Labute approximate surface area is 122 Å². The van der Waals surface area contributed by atoms with Crippen molar-refractivity contribution in [3.05, 3.63) is 12.7 Å². The van der Waals surface area contributed by atoms with Crippen molar-refractivity contribution in [1.29, 1.82) is 0 Å². The molecular weight excluding hydrogens is 272 g/mol. The van der Waals surface area contributed by atoms with Crippen molar-refractivity contribution in [3.8, 4) is 5.95 Å². The maximum Gasteiger partial charge on any atom is 0.258 e. The number of rotatable bonds is 5. The summed E-state index contributed by atoms with van der Waals surface area (Å²) < 4.78 is 1.38. The van der Waals surface area contributed by atoms with Gasteiger partial charge in [0, 0.05) is 6.54 Å². The Morgan fingerprint density at radius 1 is 1.33 bits per heavy atom. The molecule has 0 aliphatic carbocycles. The van der Waals surface area contributed by atoms with Crippen molar-refractivity contribution >= 4 is 11.9 Å². The van der Waals surface area contributed by atoms with E-state index in [1.807, 2.05) is 0 Å². The van der Waals surface area contributed by atoms with Gasteiger partial charge in [0.2, 0.25) is 11.9 Å². The zero-order valence-electron chi connectivity index (χ0n) is 12.4. The third kappa shape index (κ3) is 4.63. The zero-order chi connectivity index (χ0) is 15.5. The molecule has 0 fully saturated rings. The first-order valence-corrected chi connectivity index (χ1v) is 6.62. The number of anilines is 2. The van der Waals surface area contributed by atoms with Crippen molar-refractivity contribution < 1.29 is 5.11 Å². The number of nitrogens with one attached hydrogen (secondary N) is 1. The van der Waals surface area contributed by atoms with Gasteiger partial charge in [-0.25, -0.2) is 4.98 Å². The van der Waals surface area contributed by atoms with E-state index in [9.17, 15) is 5.11 Å². The maximum absolute atomic E-state index is 9.98. The molecule has 0 aromatic carbocycles. The van der Waals surface area contributed by atoms with Crippen LogP contribution in [-0.2, 0) is 0 Å². The van der Waals surface area contributed by atoms with Gasteiger partial charge in [-0.3, -0.25) is 0 Å². The van der Waals surface area contributed by atoms with E-state index in [0.29, 0.717) is 18.9 Å². The summed E-state index contributed by atoms with van der Waals surface area (Å²) in [5, 5.41) is 16.9. The second-order valence-corrected chi connectivity index (χ2v) is 5.96. The number of nitrogens with zero attached hydrogens (tertiary/aromatic N) is 6. The van der Waals surface area contributed by atoms with Gasteiger partial charge in [0.1, 0.15) is 12.7 Å². The number of aliphatic hydroxyl groups is 1. The lowest BCUT2D eigenvalue weighted by molar-refractivity contribution is 0.132. The Kier molecular flexibility index (Phi) is 4.32. The summed E-state index contributed by atoms with van der Waals surface area (Å²) in [6, 6.07) is 0. The molecule has 2 aromatic rings. The highest BCUT2D eigenvalue weighted by Crippen LogP contribution is 2.20. The molecule has 0 saturated heterocycles. The fourth-order valence-electron chi connectivity index (χ4n) is 1.86. The molecule has 1 atom stereocenters. The number of aliphatic hydroxyl groups excluding tert-OH is 1. The molecular formula is C12H20N8O. The van der Waals surface area contributed by atoms with Crippen LogP contribution in [-0.4, -0.2) is 47.5 Å². The van der Waals surface area contributed by atoms with Crippen molar-refractivity contribution in [2.45, 2.75) is 33.3 Å². The Morgan fingerprint density at radius 2 is 2.10 bits per heavy atom. The topological polar surface area (TPSA) is 128 Å². The van der Waals surface area contributed by atoms with Crippen LogP contribution in [0.5, 0.6) is 0 Å². The second-order valence-electron chi connectivity index (χ2n) is 5.96. The van der Waals surface area contributed by atoms with Crippen molar-refractivity contribution in [2.75, 3.05) is 17.6 Å². The molecule has 0 radical (unpaired) electrons. The molecule has 9 nitrogen and oxygen atoms in total. The van der Waals surface area contributed by atoms with Crippen molar-refractivity contribution in [3.63, 3.8) is 0 Å². The lowest BCUT2D eigenvalue weighted by Gasteiger charge is -2.22. The number of nitrogen functional groups attached to an aromatic ring is 1. The molecule has 21 heavy (non-hydrogen) atoms. The molecule has 1 unspecified atom stereocenters. The van der Waals surface area contributed by atoms with E-state index in [1.165, 1.54) is 17.3 Å². The van der Waals surface area contributed by atoms with Gasteiger partial charge in [0.25, 0.3) is 5.95 Å². The molecule has 2 heterocycles. The third-order valence-electron chi connectivity index (χ3n) is 2.61. The quantitative estimate of drug-likeness (QED) is 0.715. The minimum atomic E-state index is -0.502. The van der Waals surface area contributed by atoms with Crippen molar-refractivity contribution in [2.24, 2.45) is 5.41 Å². The summed E-state index contributed by atoms with van der Waals surface area (Å²) in [7, 11) is 0. The smallest absolute Gasteiger partial charge is 0.258 e. The molecule has 4 N–H and O–H groups in total. The Hall–Kier alpha value is -2.29. The van der Waals surface area contributed by atoms with E-state index in [-0.39, 0.29) is 17.3 Å². The maximum atomic E-state index is 9.98. The molecule has 0 bridgehead atoms. The van der Waals surface area contributed by atoms with E-state index in [2.05, 4.69) is 51.1 Å². The highest BCUT2D eigenvalue weighted by atomic mass is 16.3. The van der Waals surface area contributed by atoms with Gasteiger partial charge in [-0.1, -0.05) is 20.8 Å². The minimum Gasteiger partial charge on any atom is -0.391 e. The summed E-state index contributed by atoms with van der Waals surface area (Å²) in [5.74, 6) is 0.636. The van der Waals surface area contributed by atoms with E-state index < -0.39 is 6.10 Å². The molecule has 2 rings (SSSR count). The van der Waals surface area contributed by atoms with Gasteiger partial charge in [-0.15, -0.1) is 0 Å². The van der Waals surface area contributed by atoms with Gasteiger partial charge in [-0.2, -0.15) is 24.7 Å². The van der Waals surface area contributed by atoms with Crippen molar-refractivity contribution in [1.82, 2.24) is 29.7 Å². The van der Waals surface area contributed by atoms with E-state index in [4.69, 9.17) is 5.73 Å². The van der Waals surface area contributed by atoms with Gasteiger partial charge < -0.3 is 16.2 Å². The van der Waals surface area contributed by atoms with Gasteiger partial charge in [0.05, 0.1) is 6.10 Å². The second kappa shape index (κ2) is 6.00. The number of hydrogen-bond donors (Lipinski definition) is 3. The summed E-state index contributed by atoms with van der Waals surface area (Å²) in [4.78, 5) is 16.0. The molecule has 0 saturated carbocycles. The van der Waals surface area contributed by atoms with Crippen LogP contribution in [0, 0.1) is 5.41 Å². The zero-order valence-corrected chi connectivity index (χ0v) is 12.4. The van der Waals surface area contributed by atoms with Crippen LogP contribution in [0.3, 0.4) is 0 Å². The first-order chi connectivity index (χ1) is 9.83. The molecule has 114 valence electrons. The van der Waals surface area contributed by atoms with Crippen LogP contribution in [0.1, 0.15) is 27.2 Å². The fraction of sp³-hybridized carbons (Fsp3) is 0.583. The summed E-state index contributed by atoms with van der Waals surface area (Å²) in [5.41, 5.74) is 5.69. The third-order valence-corrected chi connectivity index (χ3v) is 2.61. The monoisotopic (exact) mass is 292 g/mol. The Bertz CT molecular complexity index is 577. The SMILES string of the molecule is CC(C)(C)CC(O)CNc1nc(N)nc(-n2cncn2)n1. The lowest BCUT2D eigenvalue weighted by atomic mass is 9.89. The largest absolute Gasteiger partial charge is 0.391 e. The summed E-state index contributed by atoms with van der Waals surface area (Å²) in [6.45, 7) is 6.54. The molecule has 0 aliphatic heterocycles. The molecule has 0 spiro atoms. The van der Waals surface area contributed by atoms with E-state index in [1.54, 1.807) is 0 Å². The van der Waals surface area contributed by atoms with Crippen LogP contribution in [0.2, 0.25) is 0 Å². The Morgan fingerprint density at radius 3 is 2.71 bits per heavy atom.